The maximum atomic E-state index is 14.6. The Kier molecular flexibility index (Phi) is 8.19. The Morgan fingerprint density at radius 2 is 1.47 bits per heavy atom. The summed E-state index contributed by atoms with van der Waals surface area (Å²) in [7, 11) is -0.867. The number of sulfonamides is 1. The van der Waals surface area contributed by atoms with Gasteiger partial charge in [-0.2, -0.15) is 0 Å². The third kappa shape index (κ3) is 6.07. The van der Waals surface area contributed by atoms with Crippen LogP contribution in [0.5, 0.6) is 11.5 Å². The van der Waals surface area contributed by atoms with Crippen molar-refractivity contribution < 1.29 is 22.7 Å². The smallest absolute Gasteiger partial charge is 0.262 e. The van der Waals surface area contributed by atoms with Gasteiger partial charge in [0, 0.05) is 17.9 Å². The third-order valence-electron chi connectivity index (χ3n) is 7.82. The molecule has 0 unspecified atom stereocenters. The first-order chi connectivity index (χ1) is 21.8. The minimum atomic E-state index is -4.03. The standard InChI is InChI=1S/C36H33N3O5S/c1-25-12-16-29(17-13-25)39-35(27-10-7-11-31(22-27)44-3)38(24-26-8-5-4-6-9-26)34-21-20-32(23-33(34)36(39)40)45(41,42)37-28-14-18-30(43-2)19-15-28/h4-23,35,37H,24H2,1-3H3/t35-/m0/s1. The van der Waals surface area contributed by atoms with Gasteiger partial charge in [0.1, 0.15) is 17.7 Å². The molecule has 0 saturated heterocycles. The molecular weight excluding hydrogens is 586 g/mol. The second-order valence-electron chi connectivity index (χ2n) is 10.8. The van der Waals surface area contributed by atoms with Crippen LogP contribution in [0.15, 0.2) is 126 Å². The summed E-state index contributed by atoms with van der Waals surface area (Å²) in [5.74, 6) is 0.963. The SMILES string of the molecule is COc1ccc(NS(=O)(=O)c2ccc3c(c2)C(=O)N(c2ccc(C)cc2)[C@@H](c2cccc(OC)c2)N3Cc2ccccc2)cc1. The lowest BCUT2D eigenvalue weighted by atomic mass is 9.98. The monoisotopic (exact) mass is 619 g/mol. The largest absolute Gasteiger partial charge is 0.497 e. The summed E-state index contributed by atoms with van der Waals surface area (Å²) >= 11 is 0. The van der Waals surface area contributed by atoms with E-state index >= 15 is 0 Å². The highest BCUT2D eigenvalue weighted by molar-refractivity contribution is 7.92. The van der Waals surface area contributed by atoms with Crippen molar-refractivity contribution in [2.75, 3.05) is 28.7 Å². The molecule has 228 valence electrons. The molecule has 0 fully saturated rings. The van der Waals surface area contributed by atoms with Gasteiger partial charge in [-0.05, 0) is 84.8 Å². The van der Waals surface area contributed by atoms with Gasteiger partial charge >= 0.3 is 0 Å². The van der Waals surface area contributed by atoms with Crippen molar-refractivity contribution in [1.82, 2.24) is 0 Å². The molecule has 0 aromatic heterocycles. The molecule has 1 heterocycles. The highest BCUT2D eigenvalue weighted by Gasteiger charge is 2.40. The maximum Gasteiger partial charge on any atom is 0.262 e. The average Bonchev–Trinajstić information content (AvgIpc) is 3.07. The number of hydrogen-bond donors (Lipinski definition) is 1. The number of ether oxygens (including phenoxy) is 2. The van der Waals surface area contributed by atoms with E-state index in [1.807, 2.05) is 85.8 Å². The number of carbonyl (C=O) groups is 1. The molecule has 0 saturated carbocycles. The molecule has 1 N–H and O–H groups in total. The molecule has 8 nitrogen and oxygen atoms in total. The third-order valence-corrected chi connectivity index (χ3v) is 9.20. The lowest BCUT2D eigenvalue weighted by molar-refractivity contribution is 0.0968. The lowest BCUT2D eigenvalue weighted by Gasteiger charge is -2.46. The van der Waals surface area contributed by atoms with E-state index in [4.69, 9.17) is 9.47 Å². The zero-order chi connectivity index (χ0) is 31.6. The van der Waals surface area contributed by atoms with Gasteiger partial charge in [0.25, 0.3) is 15.9 Å². The predicted octanol–water partition coefficient (Wildman–Crippen LogP) is 7.18. The molecule has 1 amide bonds. The molecule has 9 heteroatoms. The van der Waals surface area contributed by atoms with E-state index in [9.17, 15) is 13.2 Å². The number of nitrogens with zero attached hydrogens (tertiary/aromatic N) is 2. The topological polar surface area (TPSA) is 88.2 Å². The number of fused-ring (bicyclic) bond motifs is 1. The highest BCUT2D eigenvalue weighted by Crippen LogP contribution is 2.43. The summed E-state index contributed by atoms with van der Waals surface area (Å²) in [5.41, 5.74) is 4.92. The van der Waals surface area contributed by atoms with Crippen molar-refractivity contribution >= 4 is 33.0 Å². The van der Waals surface area contributed by atoms with Crippen molar-refractivity contribution in [1.29, 1.82) is 0 Å². The number of amides is 1. The van der Waals surface area contributed by atoms with Gasteiger partial charge in [0.05, 0.1) is 30.4 Å². The first-order valence-corrected chi connectivity index (χ1v) is 15.9. The molecule has 6 rings (SSSR count). The Balaban J connectivity index is 1.51. The second-order valence-corrected chi connectivity index (χ2v) is 12.5. The van der Waals surface area contributed by atoms with E-state index in [1.165, 1.54) is 6.07 Å². The van der Waals surface area contributed by atoms with Crippen LogP contribution in [0.2, 0.25) is 0 Å². The number of carbonyl (C=O) groups excluding carboxylic acids is 1. The van der Waals surface area contributed by atoms with E-state index in [1.54, 1.807) is 55.5 Å². The van der Waals surface area contributed by atoms with E-state index in [0.29, 0.717) is 35.1 Å². The van der Waals surface area contributed by atoms with Crippen LogP contribution < -0.4 is 24.0 Å². The number of hydrogen-bond acceptors (Lipinski definition) is 6. The molecule has 0 bridgehead atoms. The Hall–Kier alpha value is -5.28. The van der Waals surface area contributed by atoms with Crippen LogP contribution in [0.25, 0.3) is 0 Å². The maximum absolute atomic E-state index is 14.6. The molecule has 0 spiro atoms. The summed E-state index contributed by atoms with van der Waals surface area (Å²) in [5, 5.41) is 0. The van der Waals surface area contributed by atoms with Crippen LogP contribution in [0.1, 0.15) is 33.2 Å². The van der Waals surface area contributed by atoms with Crippen LogP contribution in [0.4, 0.5) is 17.1 Å². The Bertz CT molecular complexity index is 1930. The molecule has 5 aromatic rings. The first kappa shape index (κ1) is 29.8. The molecular formula is C36H33N3O5S. The minimum absolute atomic E-state index is 0.0197. The van der Waals surface area contributed by atoms with Gasteiger partial charge in [0.2, 0.25) is 0 Å². The van der Waals surface area contributed by atoms with E-state index in [0.717, 1.165) is 16.7 Å². The van der Waals surface area contributed by atoms with Gasteiger partial charge in [-0.3, -0.25) is 14.4 Å². The Labute approximate surface area is 263 Å². The van der Waals surface area contributed by atoms with Crippen molar-refractivity contribution in [2.45, 2.75) is 24.5 Å². The van der Waals surface area contributed by atoms with Gasteiger partial charge in [-0.15, -0.1) is 0 Å². The number of rotatable bonds is 9. The normalized spacial score (nSPS) is 14.6. The van der Waals surface area contributed by atoms with E-state index in [-0.39, 0.29) is 16.4 Å². The van der Waals surface area contributed by atoms with Crippen molar-refractivity contribution in [3.63, 3.8) is 0 Å². The predicted molar refractivity (Wildman–Crippen MR) is 177 cm³/mol. The van der Waals surface area contributed by atoms with Crippen LogP contribution in [0, 0.1) is 6.92 Å². The number of benzene rings is 5. The molecule has 1 aliphatic rings. The molecule has 1 aliphatic heterocycles. The quantitative estimate of drug-likeness (QED) is 0.188. The average molecular weight is 620 g/mol. The molecule has 5 aromatic carbocycles. The minimum Gasteiger partial charge on any atom is -0.497 e. The zero-order valence-electron chi connectivity index (χ0n) is 25.2. The van der Waals surface area contributed by atoms with Crippen LogP contribution in [-0.2, 0) is 16.6 Å². The fraction of sp³-hybridized carbons (Fsp3) is 0.139. The fourth-order valence-electron chi connectivity index (χ4n) is 5.54. The molecule has 0 aliphatic carbocycles. The summed E-state index contributed by atoms with van der Waals surface area (Å²) < 4.78 is 40.5. The summed E-state index contributed by atoms with van der Waals surface area (Å²) in [6.07, 6.45) is -0.553. The number of anilines is 3. The molecule has 45 heavy (non-hydrogen) atoms. The van der Waals surface area contributed by atoms with Gasteiger partial charge in [-0.1, -0.05) is 60.2 Å². The zero-order valence-corrected chi connectivity index (χ0v) is 26.0. The molecule has 1 atom stereocenters. The first-order valence-electron chi connectivity index (χ1n) is 14.4. The van der Waals surface area contributed by atoms with E-state index < -0.39 is 16.2 Å². The summed E-state index contributed by atoms with van der Waals surface area (Å²) in [6.45, 7) is 2.45. The van der Waals surface area contributed by atoms with Crippen LogP contribution in [0.3, 0.4) is 0 Å². The van der Waals surface area contributed by atoms with Crippen LogP contribution >= 0.6 is 0 Å². The van der Waals surface area contributed by atoms with Crippen LogP contribution in [-0.4, -0.2) is 28.5 Å². The summed E-state index contributed by atoms with van der Waals surface area (Å²) in [6, 6.07) is 36.7. The molecule has 0 radical (unpaired) electrons. The Morgan fingerprint density at radius 3 is 2.16 bits per heavy atom. The number of aryl methyl sites for hydroxylation is 1. The fourth-order valence-corrected chi connectivity index (χ4v) is 6.62. The van der Waals surface area contributed by atoms with Gasteiger partial charge in [0.15, 0.2) is 0 Å². The van der Waals surface area contributed by atoms with Crippen molar-refractivity contribution in [3.8, 4) is 11.5 Å². The van der Waals surface area contributed by atoms with E-state index in [2.05, 4.69) is 9.62 Å². The van der Waals surface area contributed by atoms with Gasteiger partial charge < -0.3 is 14.4 Å². The summed E-state index contributed by atoms with van der Waals surface area (Å²) in [4.78, 5) is 18.4. The Morgan fingerprint density at radius 1 is 0.756 bits per heavy atom. The van der Waals surface area contributed by atoms with Crippen molar-refractivity contribution in [3.05, 3.63) is 144 Å². The highest BCUT2D eigenvalue weighted by atomic mass is 32.2. The lowest BCUT2D eigenvalue weighted by Crippen LogP contribution is -2.49. The number of methoxy groups -OCH3 is 2. The second kappa shape index (κ2) is 12.4. The van der Waals surface area contributed by atoms with Gasteiger partial charge in [-0.25, -0.2) is 8.42 Å². The number of nitrogens with one attached hydrogen (secondary N) is 1. The van der Waals surface area contributed by atoms with Crippen molar-refractivity contribution in [2.24, 2.45) is 0 Å².